The molecule has 96 valence electrons. The molecule has 0 aromatic heterocycles. The molecule has 0 bridgehead atoms. The third kappa shape index (κ3) is 4.77. The van der Waals surface area contributed by atoms with Gasteiger partial charge in [0.25, 0.3) is 0 Å². The number of rotatable bonds is 4. The van der Waals surface area contributed by atoms with Gasteiger partial charge in [0.2, 0.25) is 5.91 Å². The predicted molar refractivity (Wildman–Crippen MR) is 68.3 cm³/mol. The third-order valence-electron chi connectivity index (χ3n) is 3.50. The minimum absolute atomic E-state index is 0.0437. The van der Waals surface area contributed by atoms with E-state index >= 15 is 0 Å². The fraction of sp³-hybridized carbons (Fsp3) is 0.857. The monoisotopic (exact) mass is 236 g/mol. The highest BCUT2D eigenvalue weighted by Crippen LogP contribution is 2.26. The quantitative estimate of drug-likeness (QED) is 0.762. The molecule has 0 radical (unpaired) electrons. The van der Waals surface area contributed by atoms with Crippen molar-refractivity contribution in [3.63, 3.8) is 0 Å². The van der Waals surface area contributed by atoms with Crippen LogP contribution >= 0.6 is 0 Å². The number of carbonyl (C=O) groups is 1. The second-order valence-electron chi connectivity index (χ2n) is 5.59. The van der Waals surface area contributed by atoms with E-state index in [1.165, 1.54) is 12.8 Å². The van der Waals surface area contributed by atoms with Gasteiger partial charge in [0.15, 0.2) is 0 Å². The molecule has 1 amide bonds. The fourth-order valence-electron chi connectivity index (χ4n) is 2.35. The zero-order chi connectivity index (χ0) is 12.7. The Hall–Kier alpha value is -1.04. The van der Waals surface area contributed by atoms with Gasteiger partial charge in [-0.25, -0.2) is 0 Å². The minimum Gasteiger partial charge on any atom is -0.338 e. The number of amides is 1. The van der Waals surface area contributed by atoms with E-state index in [1.807, 2.05) is 0 Å². The number of carbonyl (C=O) groups excluding carboxylic acids is 1. The summed E-state index contributed by atoms with van der Waals surface area (Å²) in [5.41, 5.74) is -0.579. The number of nitrogens with one attached hydrogen (secondary N) is 1. The van der Waals surface area contributed by atoms with Crippen LogP contribution < -0.4 is 5.32 Å². The molecule has 1 fully saturated rings. The van der Waals surface area contributed by atoms with Crippen LogP contribution in [0.3, 0.4) is 0 Å². The van der Waals surface area contributed by atoms with Gasteiger partial charge in [0.1, 0.15) is 5.54 Å². The van der Waals surface area contributed by atoms with E-state index in [4.69, 9.17) is 0 Å². The zero-order valence-corrected chi connectivity index (χ0v) is 11.1. The molecule has 0 saturated heterocycles. The summed E-state index contributed by atoms with van der Waals surface area (Å²) in [5.74, 6) is 0.579. The second kappa shape index (κ2) is 6.64. The molecule has 17 heavy (non-hydrogen) atoms. The highest BCUT2D eigenvalue weighted by Gasteiger charge is 2.32. The van der Waals surface area contributed by atoms with E-state index in [9.17, 15) is 10.1 Å². The Morgan fingerprint density at radius 2 is 1.88 bits per heavy atom. The van der Waals surface area contributed by atoms with Crippen LogP contribution in [0.2, 0.25) is 0 Å². The molecule has 1 N–H and O–H groups in total. The van der Waals surface area contributed by atoms with Gasteiger partial charge in [0, 0.05) is 6.42 Å². The molecule has 0 unspecified atom stereocenters. The molecule has 0 aromatic carbocycles. The highest BCUT2D eigenvalue weighted by atomic mass is 16.1. The topological polar surface area (TPSA) is 52.9 Å². The second-order valence-corrected chi connectivity index (χ2v) is 5.59. The first-order chi connectivity index (χ1) is 8.08. The van der Waals surface area contributed by atoms with Crippen LogP contribution in [0, 0.1) is 17.2 Å². The Balaban J connectivity index is 2.50. The van der Waals surface area contributed by atoms with E-state index in [0.29, 0.717) is 12.3 Å². The first-order valence-corrected chi connectivity index (χ1v) is 6.80. The third-order valence-corrected chi connectivity index (χ3v) is 3.50. The lowest BCUT2D eigenvalue weighted by Gasteiger charge is -2.26. The number of nitriles is 1. The zero-order valence-electron chi connectivity index (χ0n) is 11.1. The van der Waals surface area contributed by atoms with Gasteiger partial charge in [-0.05, 0) is 25.2 Å². The molecule has 0 spiro atoms. The number of hydrogen-bond donors (Lipinski definition) is 1. The van der Waals surface area contributed by atoms with Crippen molar-refractivity contribution in [1.29, 1.82) is 5.26 Å². The van der Waals surface area contributed by atoms with Crippen LogP contribution in [0.1, 0.15) is 65.2 Å². The summed E-state index contributed by atoms with van der Waals surface area (Å²) < 4.78 is 0. The van der Waals surface area contributed by atoms with Crippen LogP contribution in [0.5, 0.6) is 0 Å². The van der Waals surface area contributed by atoms with E-state index in [-0.39, 0.29) is 5.91 Å². The maximum Gasteiger partial charge on any atom is 0.221 e. The average molecular weight is 236 g/mol. The summed E-state index contributed by atoms with van der Waals surface area (Å²) in [5, 5.41) is 12.3. The van der Waals surface area contributed by atoms with E-state index < -0.39 is 5.54 Å². The van der Waals surface area contributed by atoms with Gasteiger partial charge in [-0.1, -0.05) is 39.5 Å². The van der Waals surface area contributed by atoms with Crippen LogP contribution in [-0.2, 0) is 4.79 Å². The smallest absolute Gasteiger partial charge is 0.221 e. The maximum atomic E-state index is 11.8. The number of nitrogens with zero attached hydrogens (tertiary/aromatic N) is 1. The largest absolute Gasteiger partial charge is 0.338 e. The Kier molecular flexibility index (Phi) is 5.47. The molecule has 1 rings (SSSR count). The van der Waals surface area contributed by atoms with Crippen LogP contribution in [0.15, 0.2) is 0 Å². The summed E-state index contributed by atoms with van der Waals surface area (Å²) in [4.78, 5) is 11.8. The summed E-state index contributed by atoms with van der Waals surface area (Å²) >= 11 is 0. The van der Waals surface area contributed by atoms with E-state index in [1.54, 1.807) is 0 Å². The van der Waals surface area contributed by atoms with Crippen molar-refractivity contribution < 1.29 is 4.79 Å². The van der Waals surface area contributed by atoms with Crippen molar-refractivity contribution >= 4 is 5.91 Å². The van der Waals surface area contributed by atoms with Crippen molar-refractivity contribution in [2.75, 3.05) is 0 Å². The highest BCUT2D eigenvalue weighted by molar-refractivity contribution is 5.77. The molecule has 1 aliphatic rings. The lowest BCUT2D eigenvalue weighted by atomic mass is 9.91. The molecule has 1 saturated carbocycles. The lowest BCUT2D eigenvalue weighted by Crippen LogP contribution is -2.47. The van der Waals surface area contributed by atoms with Gasteiger partial charge in [-0.15, -0.1) is 0 Å². The van der Waals surface area contributed by atoms with Crippen molar-refractivity contribution in [3.05, 3.63) is 0 Å². The molecule has 0 aromatic rings. The summed E-state index contributed by atoms with van der Waals surface area (Å²) in [7, 11) is 0. The standard InChI is InChI=1S/C14H24N2O/c1-12(2)7-8-13(17)16-14(11-15)9-5-3-4-6-10-14/h12H,3-10H2,1-2H3,(H,16,17). The van der Waals surface area contributed by atoms with E-state index in [2.05, 4.69) is 25.2 Å². The first kappa shape index (κ1) is 14.0. The van der Waals surface area contributed by atoms with Gasteiger partial charge >= 0.3 is 0 Å². The van der Waals surface area contributed by atoms with Crippen molar-refractivity contribution in [2.45, 2.75) is 70.8 Å². The molecular formula is C14H24N2O. The molecule has 1 aliphatic carbocycles. The van der Waals surface area contributed by atoms with Crippen molar-refractivity contribution in [3.8, 4) is 6.07 Å². The minimum atomic E-state index is -0.579. The average Bonchev–Trinajstić information content (AvgIpc) is 2.53. The van der Waals surface area contributed by atoms with Crippen LogP contribution in [-0.4, -0.2) is 11.4 Å². The van der Waals surface area contributed by atoms with Gasteiger partial charge < -0.3 is 5.32 Å². The SMILES string of the molecule is CC(C)CCC(=O)NC1(C#N)CCCCCC1. The summed E-state index contributed by atoms with van der Waals surface area (Å²) in [6.45, 7) is 4.22. The van der Waals surface area contributed by atoms with Crippen molar-refractivity contribution in [1.82, 2.24) is 5.32 Å². The fourth-order valence-corrected chi connectivity index (χ4v) is 2.35. The van der Waals surface area contributed by atoms with Crippen LogP contribution in [0.25, 0.3) is 0 Å². The Bertz CT molecular complexity index is 283. The van der Waals surface area contributed by atoms with E-state index in [0.717, 1.165) is 32.1 Å². The van der Waals surface area contributed by atoms with Gasteiger partial charge in [0.05, 0.1) is 6.07 Å². The van der Waals surface area contributed by atoms with Gasteiger partial charge in [-0.2, -0.15) is 5.26 Å². The molecular weight excluding hydrogens is 212 g/mol. The molecule has 0 heterocycles. The summed E-state index contributed by atoms with van der Waals surface area (Å²) in [6, 6.07) is 2.34. The first-order valence-electron chi connectivity index (χ1n) is 6.80. The predicted octanol–water partition coefficient (Wildman–Crippen LogP) is 3.16. The van der Waals surface area contributed by atoms with Crippen molar-refractivity contribution in [2.24, 2.45) is 5.92 Å². The Labute approximate surface area is 105 Å². The molecule has 3 nitrogen and oxygen atoms in total. The van der Waals surface area contributed by atoms with Gasteiger partial charge in [-0.3, -0.25) is 4.79 Å². The number of hydrogen-bond acceptors (Lipinski definition) is 2. The Morgan fingerprint density at radius 1 is 1.29 bits per heavy atom. The Morgan fingerprint density at radius 3 is 2.35 bits per heavy atom. The molecule has 3 heteroatoms. The molecule has 0 atom stereocenters. The van der Waals surface area contributed by atoms with Crippen LogP contribution in [0.4, 0.5) is 0 Å². The summed E-state index contributed by atoms with van der Waals surface area (Å²) in [6.07, 6.45) is 7.55. The lowest BCUT2D eigenvalue weighted by molar-refractivity contribution is -0.122. The maximum absolute atomic E-state index is 11.8. The molecule has 0 aliphatic heterocycles. The normalized spacial score (nSPS) is 19.4.